The molecule has 0 rings (SSSR count). The van der Waals surface area contributed by atoms with Gasteiger partial charge >= 0.3 is 5.97 Å². The van der Waals surface area contributed by atoms with Crippen molar-refractivity contribution in [2.24, 2.45) is 0 Å². The van der Waals surface area contributed by atoms with Crippen LogP contribution in [0.1, 0.15) is 322 Å². The predicted octanol–water partition coefficient (Wildman–Crippen LogP) is 17.7. The van der Waals surface area contributed by atoms with Gasteiger partial charge in [-0.2, -0.15) is 0 Å². The summed E-state index contributed by atoms with van der Waals surface area (Å²) < 4.78 is 5.48. The zero-order valence-corrected chi connectivity index (χ0v) is 43.3. The number of aliphatic hydroxyl groups is 2. The third-order valence-electron chi connectivity index (χ3n) is 13.6. The van der Waals surface area contributed by atoms with Crippen LogP contribution in [0.3, 0.4) is 0 Å². The van der Waals surface area contributed by atoms with Gasteiger partial charge in [-0.25, -0.2) is 0 Å². The van der Waals surface area contributed by atoms with E-state index in [1.807, 2.05) is 0 Å². The molecule has 2 unspecified atom stereocenters. The molecule has 6 nitrogen and oxygen atoms in total. The fourth-order valence-electron chi connectivity index (χ4n) is 9.11. The maximum atomic E-state index is 12.5. The molecule has 6 heteroatoms. The van der Waals surface area contributed by atoms with Crippen molar-refractivity contribution in [3.8, 4) is 0 Å². The van der Waals surface area contributed by atoms with Gasteiger partial charge in [-0.1, -0.05) is 270 Å². The summed E-state index contributed by atoms with van der Waals surface area (Å²) in [6, 6.07) is -0.543. The number of esters is 1. The number of allylic oxidation sites excluding steroid dienone is 2. The molecule has 0 aromatic rings. The van der Waals surface area contributed by atoms with E-state index < -0.39 is 12.1 Å². The first-order valence-corrected chi connectivity index (χ1v) is 28.9. The van der Waals surface area contributed by atoms with Crippen LogP contribution < -0.4 is 5.32 Å². The first-order chi connectivity index (χ1) is 31.5. The summed E-state index contributed by atoms with van der Waals surface area (Å²) >= 11 is 0. The summed E-state index contributed by atoms with van der Waals surface area (Å²) in [4.78, 5) is 24.5. The Hall–Kier alpha value is -1.40. The number of hydrogen-bond donors (Lipinski definition) is 3. The van der Waals surface area contributed by atoms with Crippen molar-refractivity contribution >= 4 is 11.9 Å². The highest BCUT2D eigenvalue weighted by Gasteiger charge is 2.20. The van der Waals surface area contributed by atoms with E-state index in [9.17, 15) is 19.8 Å². The van der Waals surface area contributed by atoms with Gasteiger partial charge in [0.2, 0.25) is 5.91 Å². The summed E-state index contributed by atoms with van der Waals surface area (Å²) in [6.45, 7) is 4.95. The number of carbonyl (C=O) groups is 2. The second-order valence-electron chi connectivity index (χ2n) is 20.0. The van der Waals surface area contributed by atoms with Gasteiger partial charge in [0.25, 0.3) is 0 Å². The lowest BCUT2D eigenvalue weighted by atomic mass is 10.0. The SMILES string of the molecule is CCCCCCCCC/C=C\CCCCCCCC(=O)OCCCCCCCCCCCCCCCCCCCCC(=O)NC(CO)C(O)CCCCCCCCCCCCCCC. The fourth-order valence-corrected chi connectivity index (χ4v) is 9.11. The highest BCUT2D eigenvalue weighted by Crippen LogP contribution is 2.17. The number of amides is 1. The topological polar surface area (TPSA) is 95.9 Å². The molecule has 380 valence electrons. The van der Waals surface area contributed by atoms with Crippen molar-refractivity contribution in [1.29, 1.82) is 0 Å². The van der Waals surface area contributed by atoms with E-state index in [1.54, 1.807) is 0 Å². The first-order valence-electron chi connectivity index (χ1n) is 28.9. The second kappa shape index (κ2) is 54.2. The number of ether oxygens (including phenoxy) is 1. The number of rotatable bonds is 54. The average molecular weight is 905 g/mol. The average Bonchev–Trinajstić information content (AvgIpc) is 3.29. The first kappa shape index (κ1) is 62.6. The molecule has 64 heavy (non-hydrogen) atoms. The summed E-state index contributed by atoms with van der Waals surface area (Å²) in [5, 5.41) is 23.2. The Morgan fingerprint density at radius 3 is 1.11 bits per heavy atom. The van der Waals surface area contributed by atoms with E-state index in [0.29, 0.717) is 25.9 Å². The van der Waals surface area contributed by atoms with E-state index in [4.69, 9.17) is 4.74 Å². The number of carbonyl (C=O) groups excluding carboxylic acids is 2. The van der Waals surface area contributed by atoms with Crippen LogP contribution in [0.25, 0.3) is 0 Å². The van der Waals surface area contributed by atoms with Crippen LogP contribution in [0.2, 0.25) is 0 Å². The van der Waals surface area contributed by atoms with Gasteiger partial charge in [0.05, 0.1) is 25.4 Å². The zero-order chi connectivity index (χ0) is 46.5. The minimum absolute atomic E-state index is 0.000456. The van der Waals surface area contributed by atoms with E-state index in [2.05, 4.69) is 31.3 Å². The van der Waals surface area contributed by atoms with Crippen molar-refractivity contribution < 1.29 is 24.5 Å². The molecule has 0 aliphatic rings. The van der Waals surface area contributed by atoms with Crippen LogP contribution in [0.15, 0.2) is 12.2 Å². The number of unbranched alkanes of at least 4 members (excludes halogenated alkanes) is 41. The van der Waals surface area contributed by atoms with Crippen LogP contribution >= 0.6 is 0 Å². The second-order valence-corrected chi connectivity index (χ2v) is 20.0. The van der Waals surface area contributed by atoms with Gasteiger partial charge in [-0.15, -0.1) is 0 Å². The lowest BCUT2D eigenvalue weighted by molar-refractivity contribution is -0.143. The minimum Gasteiger partial charge on any atom is -0.466 e. The maximum Gasteiger partial charge on any atom is 0.305 e. The Kier molecular flexibility index (Phi) is 53.0. The summed E-state index contributed by atoms with van der Waals surface area (Å²) in [7, 11) is 0. The van der Waals surface area contributed by atoms with E-state index in [-0.39, 0.29) is 18.5 Å². The molecule has 0 fully saturated rings. The quantitative estimate of drug-likeness (QED) is 0.0321. The minimum atomic E-state index is -0.665. The number of hydrogen-bond acceptors (Lipinski definition) is 5. The Bertz CT molecular complexity index is 955. The van der Waals surface area contributed by atoms with Gasteiger partial charge < -0.3 is 20.3 Å². The van der Waals surface area contributed by atoms with Gasteiger partial charge in [-0.05, 0) is 51.4 Å². The molecule has 0 spiro atoms. The molecule has 0 saturated carbocycles. The lowest BCUT2D eigenvalue weighted by Crippen LogP contribution is -2.45. The smallest absolute Gasteiger partial charge is 0.305 e. The van der Waals surface area contributed by atoms with Gasteiger partial charge in [0.15, 0.2) is 0 Å². The van der Waals surface area contributed by atoms with E-state index >= 15 is 0 Å². The van der Waals surface area contributed by atoms with Crippen LogP contribution in [0, 0.1) is 0 Å². The Morgan fingerprint density at radius 1 is 0.422 bits per heavy atom. The van der Waals surface area contributed by atoms with Crippen molar-refractivity contribution in [1.82, 2.24) is 5.32 Å². The fraction of sp³-hybridized carbons (Fsp3) is 0.931. The molecule has 0 aromatic carbocycles. The van der Waals surface area contributed by atoms with Crippen molar-refractivity contribution in [3.63, 3.8) is 0 Å². The highest BCUT2D eigenvalue weighted by molar-refractivity contribution is 5.76. The monoisotopic (exact) mass is 904 g/mol. The molecular formula is C58H113NO5. The van der Waals surface area contributed by atoms with Crippen LogP contribution in [0.4, 0.5) is 0 Å². The van der Waals surface area contributed by atoms with Gasteiger partial charge in [-0.3, -0.25) is 9.59 Å². The summed E-state index contributed by atoms with van der Waals surface area (Å²) in [6.07, 6.45) is 63.4. The highest BCUT2D eigenvalue weighted by atomic mass is 16.5. The molecular weight excluding hydrogens is 791 g/mol. The largest absolute Gasteiger partial charge is 0.466 e. The molecule has 0 bridgehead atoms. The van der Waals surface area contributed by atoms with Crippen molar-refractivity contribution in [3.05, 3.63) is 12.2 Å². The molecule has 0 radical (unpaired) electrons. The Labute approximate surface area is 399 Å². The van der Waals surface area contributed by atoms with Gasteiger partial charge in [0.1, 0.15) is 0 Å². The molecule has 0 aliphatic carbocycles. The molecule has 0 aromatic heterocycles. The van der Waals surface area contributed by atoms with Crippen LogP contribution in [0.5, 0.6) is 0 Å². The van der Waals surface area contributed by atoms with Crippen molar-refractivity contribution in [2.45, 2.75) is 334 Å². The normalized spacial score (nSPS) is 12.6. The van der Waals surface area contributed by atoms with Gasteiger partial charge in [0, 0.05) is 12.8 Å². The Balaban J connectivity index is 3.39. The molecule has 1 amide bonds. The van der Waals surface area contributed by atoms with Crippen LogP contribution in [-0.4, -0.2) is 47.4 Å². The molecule has 3 N–H and O–H groups in total. The number of aliphatic hydroxyl groups excluding tert-OH is 2. The summed E-state index contributed by atoms with van der Waals surface area (Å²) in [5.41, 5.74) is 0. The molecule has 2 atom stereocenters. The van der Waals surface area contributed by atoms with E-state index in [1.165, 1.54) is 244 Å². The molecule has 0 saturated heterocycles. The zero-order valence-electron chi connectivity index (χ0n) is 43.3. The lowest BCUT2D eigenvalue weighted by Gasteiger charge is -2.22. The maximum absolute atomic E-state index is 12.5. The Morgan fingerprint density at radius 2 is 0.734 bits per heavy atom. The molecule has 0 heterocycles. The third kappa shape index (κ3) is 50.0. The van der Waals surface area contributed by atoms with Crippen molar-refractivity contribution in [2.75, 3.05) is 13.2 Å². The number of nitrogens with one attached hydrogen (secondary N) is 1. The molecule has 0 aliphatic heterocycles. The summed E-state index contributed by atoms with van der Waals surface area (Å²) in [5.74, 6) is -0.0375. The standard InChI is InChI=1S/C58H113NO5/c1-3-5-7-9-11-13-15-17-18-24-28-32-36-40-44-48-52-58(63)64-53-49-45-41-37-33-29-25-22-20-19-21-23-27-31-35-39-43-47-51-57(62)59-55(54-60)56(61)50-46-42-38-34-30-26-16-14-12-10-8-6-4-2/h18,24,55-56,60-61H,3-17,19-23,25-54H2,1-2H3,(H,59,62)/b24-18-. The van der Waals surface area contributed by atoms with E-state index in [0.717, 1.165) is 44.9 Å². The van der Waals surface area contributed by atoms with Crippen LogP contribution in [-0.2, 0) is 14.3 Å². The predicted molar refractivity (Wildman–Crippen MR) is 278 cm³/mol. The third-order valence-corrected chi connectivity index (χ3v) is 13.6.